The second-order valence-electron chi connectivity index (χ2n) is 6.08. The molecular formula is C19H21N3O2. The molecule has 0 saturated heterocycles. The third kappa shape index (κ3) is 3.11. The molecule has 0 bridgehead atoms. The number of nitrogens with one attached hydrogen (secondary N) is 1. The summed E-state index contributed by atoms with van der Waals surface area (Å²) in [7, 11) is 0. The fraction of sp³-hybridized carbons (Fsp3) is 0.263. The first-order valence-electron chi connectivity index (χ1n) is 8.08. The lowest BCUT2D eigenvalue weighted by Gasteiger charge is -2.38. The molecule has 0 unspecified atom stereocenters. The Morgan fingerprint density at radius 2 is 1.67 bits per heavy atom. The van der Waals surface area contributed by atoms with Gasteiger partial charge in [-0.1, -0.05) is 42.5 Å². The molecule has 1 N–H and O–H groups in total. The van der Waals surface area contributed by atoms with Gasteiger partial charge in [0.15, 0.2) is 0 Å². The third-order valence-corrected chi connectivity index (χ3v) is 4.04. The third-order valence-electron chi connectivity index (χ3n) is 4.04. The van der Waals surface area contributed by atoms with Crippen molar-refractivity contribution >= 4 is 23.3 Å². The molecular weight excluding hydrogens is 302 g/mol. The Morgan fingerprint density at radius 3 is 2.33 bits per heavy atom. The lowest BCUT2D eigenvalue weighted by Crippen LogP contribution is -2.52. The number of amides is 3. The lowest BCUT2D eigenvalue weighted by atomic mass is 10.1. The molecule has 0 spiro atoms. The summed E-state index contributed by atoms with van der Waals surface area (Å²) in [5.41, 5.74) is 2.56. The summed E-state index contributed by atoms with van der Waals surface area (Å²) in [4.78, 5) is 28.4. The van der Waals surface area contributed by atoms with Crippen molar-refractivity contribution in [1.29, 1.82) is 0 Å². The van der Waals surface area contributed by atoms with Crippen LogP contribution in [-0.4, -0.2) is 24.5 Å². The molecule has 1 aliphatic rings. The van der Waals surface area contributed by atoms with Gasteiger partial charge in [-0.3, -0.25) is 9.69 Å². The molecule has 0 atom stereocenters. The van der Waals surface area contributed by atoms with E-state index in [1.165, 1.54) is 4.90 Å². The number of carbonyl (C=O) groups is 2. The maximum Gasteiger partial charge on any atom is 0.322 e. The first-order valence-corrected chi connectivity index (χ1v) is 8.08. The minimum Gasteiger partial charge on any atom is -0.334 e. The molecule has 0 saturated carbocycles. The predicted molar refractivity (Wildman–Crippen MR) is 95.1 cm³/mol. The Kier molecular flexibility index (Phi) is 4.51. The highest BCUT2D eigenvalue weighted by Crippen LogP contribution is 2.34. The largest absolute Gasteiger partial charge is 0.334 e. The number of carbonyl (C=O) groups excluding carboxylic acids is 2. The number of nitrogens with zero attached hydrogens (tertiary/aromatic N) is 2. The molecule has 0 radical (unpaired) electrons. The summed E-state index contributed by atoms with van der Waals surface area (Å²) in [6.07, 6.45) is 0. The molecule has 5 nitrogen and oxygen atoms in total. The Labute approximate surface area is 141 Å². The van der Waals surface area contributed by atoms with Gasteiger partial charge in [-0.05, 0) is 31.5 Å². The van der Waals surface area contributed by atoms with E-state index in [0.717, 1.165) is 16.9 Å². The number of fused-ring (bicyclic) bond motifs is 1. The lowest BCUT2D eigenvalue weighted by molar-refractivity contribution is -0.117. The molecule has 3 rings (SSSR count). The van der Waals surface area contributed by atoms with Crippen LogP contribution in [0.25, 0.3) is 0 Å². The van der Waals surface area contributed by atoms with E-state index in [2.05, 4.69) is 5.32 Å². The van der Waals surface area contributed by atoms with Crippen LogP contribution in [0.2, 0.25) is 0 Å². The van der Waals surface area contributed by atoms with Crippen LogP contribution in [0.15, 0.2) is 54.6 Å². The minimum atomic E-state index is -0.261. The fourth-order valence-electron chi connectivity index (χ4n) is 2.94. The number of anilines is 2. The van der Waals surface area contributed by atoms with Crippen molar-refractivity contribution in [3.63, 3.8) is 0 Å². The molecule has 124 valence electrons. The Balaban J connectivity index is 1.81. The van der Waals surface area contributed by atoms with E-state index in [4.69, 9.17) is 0 Å². The van der Waals surface area contributed by atoms with Crippen LogP contribution >= 0.6 is 0 Å². The van der Waals surface area contributed by atoms with E-state index >= 15 is 0 Å². The quantitative estimate of drug-likeness (QED) is 0.943. The number of benzene rings is 2. The van der Waals surface area contributed by atoms with E-state index in [0.29, 0.717) is 6.54 Å². The summed E-state index contributed by atoms with van der Waals surface area (Å²) in [6.45, 7) is 4.43. The van der Waals surface area contributed by atoms with Crippen LogP contribution in [0.5, 0.6) is 0 Å². The average Bonchev–Trinajstić information content (AvgIpc) is 2.59. The summed E-state index contributed by atoms with van der Waals surface area (Å²) in [5.74, 6) is -0.0708. The average molecular weight is 323 g/mol. The maximum atomic E-state index is 12.6. The Bertz CT molecular complexity index is 743. The van der Waals surface area contributed by atoms with Gasteiger partial charge >= 0.3 is 6.03 Å². The Morgan fingerprint density at radius 1 is 1.04 bits per heavy atom. The monoisotopic (exact) mass is 323 g/mol. The second kappa shape index (κ2) is 6.74. The summed E-state index contributed by atoms with van der Waals surface area (Å²) < 4.78 is 0. The summed E-state index contributed by atoms with van der Waals surface area (Å²) in [6, 6.07) is 17.0. The maximum absolute atomic E-state index is 12.6. The van der Waals surface area contributed by atoms with Gasteiger partial charge < -0.3 is 10.2 Å². The van der Waals surface area contributed by atoms with Crippen LogP contribution in [0, 0.1) is 0 Å². The van der Waals surface area contributed by atoms with Gasteiger partial charge in [0.2, 0.25) is 5.91 Å². The SMILES string of the molecule is CC(C)N1C(=O)CN(C(=O)NCc2ccccc2)c2ccccc21. The zero-order valence-electron chi connectivity index (χ0n) is 13.9. The molecule has 24 heavy (non-hydrogen) atoms. The van der Waals surface area contributed by atoms with E-state index in [1.807, 2.05) is 68.4 Å². The van der Waals surface area contributed by atoms with Crippen LogP contribution < -0.4 is 15.1 Å². The zero-order chi connectivity index (χ0) is 17.1. The fourth-order valence-corrected chi connectivity index (χ4v) is 2.94. The van der Waals surface area contributed by atoms with Crippen molar-refractivity contribution in [2.24, 2.45) is 0 Å². The zero-order valence-corrected chi connectivity index (χ0v) is 13.9. The smallest absolute Gasteiger partial charge is 0.322 e. The van der Waals surface area contributed by atoms with Crippen molar-refractivity contribution < 1.29 is 9.59 Å². The van der Waals surface area contributed by atoms with Crippen LogP contribution in [-0.2, 0) is 11.3 Å². The van der Waals surface area contributed by atoms with Crippen molar-refractivity contribution in [2.75, 3.05) is 16.3 Å². The molecule has 3 amide bonds. The van der Waals surface area contributed by atoms with Crippen molar-refractivity contribution in [3.05, 3.63) is 60.2 Å². The van der Waals surface area contributed by atoms with Gasteiger partial charge in [-0.2, -0.15) is 0 Å². The molecule has 1 heterocycles. The highest BCUT2D eigenvalue weighted by Gasteiger charge is 2.33. The van der Waals surface area contributed by atoms with Gasteiger partial charge in [0.1, 0.15) is 6.54 Å². The van der Waals surface area contributed by atoms with Crippen LogP contribution in [0.3, 0.4) is 0 Å². The van der Waals surface area contributed by atoms with Crippen molar-refractivity contribution in [1.82, 2.24) is 5.32 Å². The van der Waals surface area contributed by atoms with Gasteiger partial charge in [-0.15, -0.1) is 0 Å². The number of hydrogen-bond donors (Lipinski definition) is 1. The number of para-hydroxylation sites is 2. The van der Waals surface area contributed by atoms with Crippen molar-refractivity contribution in [2.45, 2.75) is 26.4 Å². The highest BCUT2D eigenvalue weighted by atomic mass is 16.2. The summed E-state index contributed by atoms with van der Waals surface area (Å²) >= 11 is 0. The first kappa shape index (κ1) is 16.1. The molecule has 1 aliphatic heterocycles. The number of rotatable bonds is 3. The van der Waals surface area contributed by atoms with E-state index in [9.17, 15) is 9.59 Å². The van der Waals surface area contributed by atoms with E-state index < -0.39 is 0 Å². The van der Waals surface area contributed by atoms with Crippen molar-refractivity contribution in [3.8, 4) is 0 Å². The predicted octanol–water partition coefficient (Wildman–Crippen LogP) is 3.16. The molecule has 0 aromatic heterocycles. The highest BCUT2D eigenvalue weighted by molar-refractivity contribution is 6.10. The Hall–Kier alpha value is -2.82. The van der Waals surface area contributed by atoms with Gasteiger partial charge in [0, 0.05) is 12.6 Å². The molecule has 2 aromatic rings. The molecule has 2 aromatic carbocycles. The van der Waals surface area contributed by atoms with Gasteiger partial charge in [0.25, 0.3) is 0 Å². The van der Waals surface area contributed by atoms with Crippen LogP contribution in [0.1, 0.15) is 19.4 Å². The first-order chi connectivity index (χ1) is 11.6. The molecule has 5 heteroatoms. The summed E-state index contributed by atoms with van der Waals surface area (Å²) in [5, 5.41) is 2.89. The van der Waals surface area contributed by atoms with Crippen LogP contribution in [0.4, 0.5) is 16.2 Å². The minimum absolute atomic E-state index is 0.0492. The topological polar surface area (TPSA) is 52.7 Å². The van der Waals surface area contributed by atoms with E-state index in [1.54, 1.807) is 4.90 Å². The van der Waals surface area contributed by atoms with Gasteiger partial charge in [-0.25, -0.2) is 4.79 Å². The second-order valence-corrected chi connectivity index (χ2v) is 6.08. The molecule has 0 aliphatic carbocycles. The number of urea groups is 1. The normalized spacial score (nSPS) is 13.9. The van der Waals surface area contributed by atoms with E-state index in [-0.39, 0.29) is 24.5 Å². The standard InChI is InChI=1S/C19H21N3O2/c1-14(2)22-17-11-7-6-10-16(17)21(13-18(22)23)19(24)20-12-15-8-4-3-5-9-15/h3-11,14H,12-13H2,1-2H3,(H,20,24). The van der Waals surface area contributed by atoms with Gasteiger partial charge in [0.05, 0.1) is 11.4 Å². The molecule has 0 fully saturated rings. The number of hydrogen-bond acceptors (Lipinski definition) is 2.